The minimum atomic E-state index is -2.93. The molecular formula is C15H13ClF2N2O2. The average Bonchev–Trinajstić information content (AvgIpc) is 2.47. The summed E-state index contributed by atoms with van der Waals surface area (Å²) in [7, 11) is 1.38. The second-order valence-corrected chi connectivity index (χ2v) is 4.61. The number of hydrogen-bond acceptors (Lipinski definition) is 4. The van der Waals surface area contributed by atoms with Crippen molar-refractivity contribution in [2.24, 2.45) is 5.10 Å². The van der Waals surface area contributed by atoms with E-state index in [9.17, 15) is 8.78 Å². The Morgan fingerprint density at radius 1 is 1.18 bits per heavy atom. The van der Waals surface area contributed by atoms with Crippen LogP contribution >= 0.6 is 11.6 Å². The van der Waals surface area contributed by atoms with Gasteiger partial charge in [-0.25, -0.2) is 0 Å². The molecule has 4 nitrogen and oxygen atoms in total. The number of ether oxygens (including phenoxy) is 2. The first kappa shape index (κ1) is 16.0. The zero-order valence-electron chi connectivity index (χ0n) is 11.6. The van der Waals surface area contributed by atoms with Crippen LogP contribution in [0, 0.1) is 0 Å². The minimum absolute atomic E-state index is 0.0517. The van der Waals surface area contributed by atoms with Gasteiger partial charge in [-0.1, -0.05) is 17.7 Å². The lowest BCUT2D eigenvalue weighted by atomic mass is 10.2. The number of nitrogens with one attached hydrogen (secondary N) is 1. The van der Waals surface area contributed by atoms with Crippen LogP contribution in [0.5, 0.6) is 11.5 Å². The van der Waals surface area contributed by atoms with Gasteiger partial charge in [-0.2, -0.15) is 13.9 Å². The van der Waals surface area contributed by atoms with Crippen LogP contribution in [0.15, 0.2) is 47.6 Å². The van der Waals surface area contributed by atoms with E-state index < -0.39 is 6.61 Å². The molecule has 0 aliphatic rings. The standard InChI is InChI=1S/C15H13ClF2N2O2/c1-21-13-6-5-10(7-14(13)22-15(17)18)9-19-20-12-4-2-3-11(16)8-12/h2-9,15,20H,1H3/b19-9-. The topological polar surface area (TPSA) is 42.8 Å². The molecule has 0 amide bonds. The highest BCUT2D eigenvalue weighted by Gasteiger charge is 2.10. The van der Waals surface area contributed by atoms with Crippen molar-refractivity contribution in [2.45, 2.75) is 6.61 Å². The van der Waals surface area contributed by atoms with Crippen molar-refractivity contribution in [1.29, 1.82) is 0 Å². The Morgan fingerprint density at radius 3 is 2.68 bits per heavy atom. The zero-order valence-corrected chi connectivity index (χ0v) is 12.3. The van der Waals surface area contributed by atoms with Crippen LogP contribution in [0.25, 0.3) is 0 Å². The summed E-state index contributed by atoms with van der Waals surface area (Å²) in [4.78, 5) is 0. The van der Waals surface area contributed by atoms with E-state index in [2.05, 4.69) is 15.3 Å². The Bertz CT molecular complexity index is 666. The Hall–Kier alpha value is -2.34. The van der Waals surface area contributed by atoms with Crippen LogP contribution in [0.1, 0.15) is 5.56 Å². The highest BCUT2D eigenvalue weighted by Crippen LogP contribution is 2.29. The fraction of sp³-hybridized carbons (Fsp3) is 0.133. The van der Waals surface area contributed by atoms with E-state index in [1.54, 1.807) is 30.3 Å². The van der Waals surface area contributed by atoms with Crippen LogP contribution in [0.3, 0.4) is 0 Å². The SMILES string of the molecule is COc1ccc(/C=N\Nc2cccc(Cl)c2)cc1OC(F)F. The second kappa shape index (κ2) is 7.61. The summed E-state index contributed by atoms with van der Waals surface area (Å²) < 4.78 is 34.0. The average molecular weight is 327 g/mol. The number of anilines is 1. The van der Waals surface area contributed by atoms with E-state index in [4.69, 9.17) is 16.3 Å². The third-order valence-corrected chi connectivity index (χ3v) is 2.87. The van der Waals surface area contributed by atoms with Gasteiger partial charge in [-0.15, -0.1) is 0 Å². The van der Waals surface area contributed by atoms with Crippen molar-refractivity contribution in [1.82, 2.24) is 0 Å². The van der Waals surface area contributed by atoms with Crippen molar-refractivity contribution >= 4 is 23.5 Å². The monoisotopic (exact) mass is 326 g/mol. The fourth-order valence-electron chi connectivity index (χ4n) is 1.70. The molecule has 0 aromatic heterocycles. The van der Waals surface area contributed by atoms with E-state index in [-0.39, 0.29) is 11.5 Å². The van der Waals surface area contributed by atoms with Gasteiger partial charge in [0.2, 0.25) is 0 Å². The molecule has 0 fully saturated rings. The Labute approximate surface area is 131 Å². The summed E-state index contributed by atoms with van der Waals surface area (Å²) in [5.41, 5.74) is 4.07. The summed E-state index contributed by atoms with van der Waals surface area (Å²) in [5, 5.41) is 4.59. The molecule has 0 saturated carbocycles. The van der Waals surface area contributed by atoms with Gasteiger partial charge in [-0.05, 0) is 42.0 Å². The number of benzene rings is 2. The summed E-state index contributed by atoms with van der Waals surface area (Å²) >= 11 is 5.85. The Kier molecular flexibility index (Phi) is 5.55. The number of hydrazone groups is 1. The van der Waals surface area contributed by atoms with E-state index in [1.165, 1.54) is 25.5 Å². The maximum absolute atomic E-state index is 12.3. The van der Waals surface area contributed by atoms with Crippen LogP contribution in [0.4, 0.5) is 14.5 Å². The molecule has 0 bridgehead atoms. The summed E-state index contributed by atoms with van der Waals surface area (Å²) in [6.07, 6.45) is 1.47. The van der Waals surface area contributed by atoms with Crippen LogP contribution in [-0.4, -0.2) is 19.9 Å². The smallest absolute Gasteiger partial charge is 0.387 e. The summed E-state index contributed by atoms with van der Waals surface area (Å²) in [5.74, 6) is 0.171. The third-order valence-electron chi connectivity index (χ3n) is 2.64. The van der Waals surface area contributed by atoms with Gasteiger partial charge in [0, 0.05) is 5.02 Å². The molecule has 0 atom stereocenters. The number of alkyl halides is 2. The lowest BCUT2D eigenvalue weighted by Gasteiger charge is -2.10. The highest BCUT2D eigenvalue weighted by molar-refractivity contribution is 6.30. The van der Waals surface area contributed by atoms with Gasteiger partial charge >= 0.3 is 6.61 Å². The number of rotatable bonds is 6. The van der Waals surface area contributed by atoms with Gasteiger partial charge in [0.05, 0.1) is 19.0 Å². The molecule has 22 heavy (non-hydrogen) atoms. The predicted molar refractivity (Wildman–Crippen MR) is 82.3 cm³/mol. The second-order valence-electron chi connectivity index (χ2n) is 4.17. The van der Waals surface area contributed by atoms with Crippen molar-refractivity contribution in [3.63, 3.8) is 0 Å². The minimum Gasteiger partial charge on any atom is -0.493 e. The quantitative estimate of drug-likeness (QED) is 0.632. The molecule has 116 valence electrons. The van der Waals surface area contributed by atoms with Gasteiger partial charge in [0.1, 0.15) is 0 Å². The van der Waals surface area contributed by atoms with Gasteiger partial charge < -0.3 is 9.47 Å². The lowest BCUT2D eigenvalue weighted by Crippen LogP contribution is -2.04. The molecule has 7 heteroatoms. The number of nitrogens with zero attached hydrogens (tertiary/aromatic N) is 1. The summed E-state index contributed by atoms with van der Waals surface area (Å²) in [6, 6.07) is 11.6. The maximum Gasteiger partial charge on any atom is 0.387 e. The van der Waals surface area contributed by atoms with Crippen molar-refractivity contribution < 1.29 is 18.3 Å². The molecule has 0 spiro atoms. The highest BCUT2D eigenvalue weighted by atomic mass is 35.5. The third kappa shape index (κ3) is 4.60. The van der Waals surface area contributed by atoms with Gasteiger partial charge in [0.15, 0.2) is 11.5 Å². The molecule has 2 aromatic carbocycles. The predicted octanol–water partition coefficient (Wildman–Crippen LogP) is 4.40. The number of hydrogen-bond donors (Lipinski definition) is 1. The van der Waals surface area contributed by atoms with Crippen LogP contribution in [0.2, 0.25) is 5.02 Å². The molecule has 2 rings (SSSR count). The van der Waals surface area contributed by atoms with E-state index in [1.807, 2.05) is 0 Å². The molecule has 1 N–H and O–H groups in total. The maximum atomic E-state index is 12.3. The largest absolute Gasteiger partial charge is 0.493 e. The van der Waals surface area contributed by atoms with E-state index in [0.29, 0.717) is 16.3 Å². The fourth-order valence-corrected chi connectivity index (χ4v) is 1.89. The van der Waals surface area contributed by atoms with Gasteiger partial charge in [-0.3, -0.25) is 5.43 Å². The molecule has 0 saturated heterocycles. The van der Waals surface area contributed by atoms with Crippen molar-refractivity contribution in [3.8, 4) is 11.5 Å². The normalized spacial score (nSPS) is 11.0. The summed E-state index contributed by atoms with van der Waals surface area (Å²) in [6.45, 7) is -2.93. The lowest BCUT2D eigenvalue weighted by molar-refractivity contribution is -0.0512. The molecule has 0 radical (unpaired) electrons. The van der Waals surface area contributed by atoms with Crippen molar-refractivity contribution in [2.75, 3.05) is 12.5 Å². The first-order chi connectivity index (χ1) is 10.6. The molecule has 0 aliphatic carbocycles. The van der Waals surface area contributed by atoms with Gasteiger partial charge in [0.25, 0.3) is 0 Å². The van der Waals surface area contributed by atoms with E-state index in [0.717, 1.165) is 0 Å². The number of halogens is 3. The van der Waals surface area contributed by atoms with E-state index >= 15 is 0 Å². The molecule has 0 heterocycles. The molecular weight excluding hydrogens is 314 g/mol. The first-order valence-corrected chi connectivity index (χ1v) is 6.64. The molecule has 0 unspecified atom stereocenters. The van der Waals surface area contributed by atoms with Crippen LogP contribution in [-0.2, 0) is 0 Å². The Morgan fingerprint density at radius 2 is 2.00 bits per heavy atom. The number of methoxy groups -OCH3 is 1. The van der Waals surface area contributed by atoms with Crippen molar-refractivity contribution in [3.05, 3.63) is 53.1 Å². The molecule has 2 aromatic rings. The molecule has 0 aliphatic heterocycles. The van der Waals surface area contributed by atoms with Crippen LogP contribution < -0.4 is 14.9 Å². The Balaban J connectivity index is 2.10. The first-order valence-electron chi connectivity index (χ1n) is 6.26. The zero-order chi connectivity index (χ0) is 15.9.